The third-order valence-electron chi connectivity index (χ3n) is 4.44. The van der Waals surface area contributed by atoms with Gasteiger partial charge in [0.05, 0.1) is 0 Å². The number of para-hydroxylation sites is 2. The van der Waals surface area contributed by atoms with Crippen molar-refractivity contribution < 1.29 is 9.21 Å². The minimum Gasteiger partial charge on any atom is -0.440 e. The van der Waals surface area contributed by atoms with Gasteiger partial charge in [-0.3, -0.25) is 4.79 Å². The third kappa shape index (κ3) is 3.32. The van der Waals surface area contributed by atoms with Gasteiger partial charge in [-0.15, -0.1) is 0 Å². The highest BCUT2D eigenvalue weighted by Crippen LogP contribution is 2.30. The molecule has 0 atom stereocenters. The molecule has 22 heavy (non-hydrogen) atoms. The monoisotopic (exact) mass is 300 g/mol. The topological polar surface area (TPSA) is 46.3 Å². The van der Waals surface area contributed by atoms with Crippen molar-refractivity contribution in [3.8, 4) is 0 Å². The van der Waals surface area contributed by atoms with Gasteiger partial charge in [0.2, 0.25) is 5.91 Å². The lowest BCUT2D eigenvalue weighted by Gasteiger charge is -2.30. The highest BCUT2D eigenvalue weighted by molar-refractivity contribution is 5.76. The van der Waals surface area contributed by atoms with E-state index in [1.54, 1.807) is 0 Å². The average molecular weight is 300 g/mol. The van der Waals surface area contributed by atoms with Crippen LogP contribution in [0.15, 0.2) is 28.7 Å². The SMILES string of the molecule is CC(C)CCC(=O)N1CCC(c2nc3ccccc3o2)CC1. The number of fused-ring (bicyclic) bond motifs is 1. The number of amides is 1. The maximum Gasteiger partial charge on any atom is 0.222 e. The summed E-state index contributed by atoms with van der Waals surface area (Å²) in [6.45, 7) is 5.96. The Morgan fingerprint density at radius 3 is 2.73 bits per heavy atom. The van der Waals surface area contributed by atoms with Crippen molar-refractivity contribution in [2.24, 2.45) is 5.92 Å². The molecule has 1 aromatic carbocycles. The largest absolute Gasteiger partial charge is 0.440 e. The normalized spacial score (nSPS) is 16.6. The van der Waals surface area contributed by atoms with E-state index >= 15 is 0 Å². The minimum absolute atomic E-state index is 0.296. The molecule has 1 aromatic heterocycles. The van der Waals surface area contributed by atoms with Gasteiger partial charge >= 0.3 is 0 Å². The van der Waals surface area contributed by atoms with Crippen molar-refractivity contribution in [1.82, 2.24) is 9.88 Å². The second-order valence-electron chi connectivity index (χ2n) is 6.61. The molecule has 0 N–H and O–H groups in total. The van der Waals surface area contributed by atoms with Crippen molar-refractivity contribution in [1.29, 1.82) is 0 Å². The van der Waals surface area contributed by atoms with Crippen LogP contribution in [0.3, 0.4) is 0 Å². The van der Waals surface area contributed by atoms with Gasteiger partial charge in [0, 0.05) is 25.4 Å². The average Bonchev–Trinajstić information content (AvgIpc) is 2.96. The second-order valence-corrected chi connectivity index (χ2v) is 6.61. The Kier molecular flexibility index (Phi) is 4.46. The molecular weight excluding hydrogens is 276 g/mol. The molecule has 118 valence electrons. The Bertz CT molecular complexity index is 606. The van der Waals surface area contributed by atoms with E-state index in [0.717, 1.165) is 49.3 Å². The lowest BCUT2D eigenvalue weighted by molar-refractivity contribution is -0.132. The minimum atomic E-state index is 0.296. The number of oxazole rings is 1. The highest BCUT2D eigenvalue weighted by atomic mass is 16.3. The molecule has 0 radical (unpaired) electrons. The summed E-state index contributed by atoms with van der Waals surface area (Å²) in [6.07, 6.45) is 3.54. The van der Waals surface area contributed by atoms with Crippen molar-refractivity contribution in [2.75, 3.05) is 13.1 Å². The van der Waals surface area contributed by atoms with Gasteiger partial charge in [-0.05, 0) is 37.3 Å². The highest BCUT2D eigenvalue weighted by Gasteiger charge is 2.26. The first kappa shape index (κ1) is 15.1. The van der Waals surface area contributed by atoms with Gasteiger partial charge < -0.3 is 9.32 Å². The first-order valence-corrected chi connectivity index (χ1v) is 8.26. The van der Waals surface area contributed by atoms with Crippen LogP contribution in [0.25, 0.3) is 11.1 Å². The lowest BCUT2D eigenvalue weighted by Crippen LogP contribution is -2.38. The first-order chi connectivity index (χ1) is 10.6. The number of nitrogens with zero attached hydrogens (tertiary/aromatic N) is 2. The number of hydrogen-bond donors (Lipinski definition) is 0. The van der Waals surface area contributed by atoms with Crippen LogP contribution in [-0.2, 0) is 4.79 Å². The fourth-order valence-electron chi connectivity index (χ4n) is 3.01. The molecule has 2 aromatic rings. The van der Waals surface area contributed by atoms with Gasteiger partial charge in [-0.1, -0.05) is 26.0 Å². The smallest absolute Gasteiger partial charge is 0.222 e. The zero-order chi connectivity index (χ0) is 15.5. The first-order valence-electron chi connectivity index (χ1n) is 8.26. The Labute approximate surface area is 131 Å². The lowest BCUT2D eigenvalue weighted by atomic mass is 9.96. The number of aromatic nitrogens is 1. The van der Waals surface area contributed by atoms with Crippen molar-refractivity contribution in [2.45, 2.75) is 45.4 Å². The molecule has 0 unspecified atom stereocenters. The molecule has 4 heteroatoms. The summed E-state index contributed by atoms with van der Waals surface area (Å²) in [7, 11) is 0. The Morgan fingerprint density at radius 1 is 1.32 bits per heavy atom. The fourth-order valence-corrected chi connectivity index (χ4v) is 3.01. The molecule has 2 heterocycles. The van der Waals surface area contributed by atoms with Crippen LogP contribution in [0.1, 0.15) is 51.3 Å². The summed E-state index contributed by atoms with van der Waals surface area (Å²) in [5.41, 5.74) is 1.78. The van der Waals surface area contributed by atoms with Crippen molar-refractivity contribution in [3.05, 3.63) is 30.2 Å². The molecule has 0 bridgehead atoms. The summed E-state index contributed by atoms with van der Waals surface area (Å²) in [5, 5.41) is 0. The number of rotatable bonds is 4. The number of carbonyl (C=O) groups excluding carboxylic acids is 1. The van der Waals surface area contributed by atoms with Crippen LogP contribution in [0.4, 0.5) is 0 Å². The van der Waals surface area contributed by atoms with Crippen LogP contribution in [0.5, 0.6) is 0 Å². The van der Waals surface area contributed by atoms with Gasteiger partial charge in [0.15, 0.2) is 11.5 Å². The molecule has 4 nitrogen and oxygen atoms in total. The summed E-state index contributed by atoms with van der Waals surface area (Å²) < 4.78 is 5.87. The third-order valence-corrected chi connectivity index (χ3v) is 4.44. The molecule has 3 rings (SSSR count). The predicted octanol–water partition coefficient (Wildman–Crippen LogP) is 3.97. The summed E-state index contributed by atoms with van der Waals surface area (Å²) in [5.74, 6) is 2.04. The Morgan fingerprint density at radius 2 is 2.05 bits per heavy atom. The second kappa shape index (κ2) is 6.51. The number of piperidine rings is 1. The van der Waals surface area contributed by atoms with E-state index in [4.69, 9.17) is 4.42 Å². The summed E-state index contributed by atoms with van der Waals surface area (Å²) >= 11 is 0. The molecule has 0 saturated carbocycles. The zero-order valence-corrected chi connectivity index (χ0v) is 13.4. The van der Waals surface area contributed by atoms with E-state index in [2.05, 4.69) is 18.8 Å². The molecule has 1 saturated heterocycles. The quantitative estimate of drug-likeness (QED) is 0.858. The summed E-state index contributed by atoms with van der Waals surface area (Å²) in [6, 6.07) is 7.88. The van der Waals surface area contributed by atoms with Gasteiger partial charge in [-0.25, -0.2) is 4.98 Å². The maximum absolute atomic E-state index is 12.2. The Balaban J connectivity index is 1.58. The molecule has 1 aliphatic heterocycles. The molecule has 1 aliphatic rings. The summed E-state index contributed by atoms with van der Waals surface area (Å²) in [4.78, 5) is 18.8. The molecular formula is C18H24N2O2. The number of carbonyl (C=O) groups is 1. The Hall–Kier alpha value is -1.84. The van der Waals surface area contributed by atoms with Gasteiger partial charge in [-0.2, -0.15) is 0 Å². The predicted molar refractivity (Wildman–Crippen MR) is 86.6 cm³/mol. The molecule has 0 spiro atoms. The number of hydrogen-bond acceptors (Lipinski definition) is 3. The number of likely N-dealkylation sites (tertiary alicyclic amines) is 1. The van der Waals surface area contributed by atoms with Crippen LogP contribution < -0.4 is 0 Å². The molecule has 1 amide bonds. The van der Waals surface area contributed by atoms with E-state index in [1.807, 2.05) is 29.2 Å². The van der Waals surface area contributed by atoms with Crippen LogP contribution in [0, 0.1) is 5.92 Å². The standard InChI is InChI=1S/C18H24N2O2/c1-13(2)7-8-17(21)20-11-9-14(10-12-20)18-19-15-5-3-4-6-16(15)22-18/h3-6,13-14H,7-12H2,1-2H3. The van der Waals surface area contributed by atoms with Crippen LogP contribution in [-0.4, -0.2) is 28.9 Å². The van der Waals surface area contributed by atoms with E-state index in [9.17, 15) is 4.79 Å². The maximum atomic E-state index is 12.2. The van der Waals surface area contributed by atoms with E-state index in [1.165, 1.54) is 0 Å². The van der Waals surface area contributed by atoms with Crippen molar-refractivity contribution in [3.63, 3.8) is 0 Å². The van der Waals surface area contributed by atoms with E-state index in [-0.39, 0.29) is 0 Å². The van der Waals surface area contributed by atoms with E-state index in [0.29, 0.717) is 24.2 Å². The zero-order valence-electron chi connectivity index (χ0n) is 13.4. The van der Waals surface area contributed by atoms with Gasteiger partial charge in [0.25, 0.3) is 0 Å². The number of benzene rings is 1. The van der Waals surface area contributed by atoms with Crippen LogP contribution >= 0.6 is 0 Å². The van der Waals surface area contributed by atoms with Crippen LogP contribution in [0.2, 0.25) is 0 Å². The molecule has 0 aliphatic carbocycles. The molecule has 1 fully saturated rings. The van der Waals surface area contributed by atoms with E-state index < -0.39 is 0 Å². The van der Waals surface area contributed by atoms with Gasteiger partial charge in [0.1, 0.15) is 5.52 Å². The fraction of sp³-hybridized carbons (Fsp3) is 0.556. The van der Waals surface area contributed by atoms with Crippen molar-refractivity contribution >= 4 is 17.0 Å².